The van der Waals surface area contributed by atoms with E-state index in [1.807, 2.05) is 0 Å². The Morgan fingerprint density at radius 2 is 2.22 bits per heavy atom. The van der Waals surface area contributed by atoms with Crippen LogP contribution in [0.1, 0.15) is 72.1 Å². The topological polar surface area (TPSA) is 43.1 Å². The first-order chi connectivity index (χ1) is 8.51. The minimum Gasteiger partial charge on any atom is -0.328 e. The summed E-state index contributed by atoms with van der Waals surface area (Å²) in [6.07, 6.45) is 10.2. The van der Waals surface area contributed by atoms with E-state index in [-0.39, 0.29) is 6.04 Å². The lowest BCUT2D eigenvalue weighted by molar-refractivity contribution is -0.108. The number of carbonyl (C=O) groups is 1. The van der Waals surface area contributed by atoms with E-state index in [1.54, 1.807) is 0 Å². The molecule has 2 nitrogen and oxygen atoms in total. The summed E-state index contributed by atoms with van der Waals surface area (Å²) < 4.78 is 0. The van der Waals surface area contributed by atoms with E-state index in [2.05, 4.69) is 20.8 Å². The third-order valence-corrected chi connectivity index (χ3v) is 5.11. The largest absolute Gasteiger partial charge is 0.328 e. The summed E-state index contributed by atoms with van der Waals surface area (Å²) in [5.74, 6) is 1.60. The van der Waals surface area contributed by atoms with Gasteiger partial charge in [-0.05, 0) is 55.8 Å². The van der Waals surface area contributed by atoms with Gasteiger partial charge in [0, 0.05) is 12.5 Å². The molecule has 0 heterocycles. The standard InChI is InChI=1S/C16H31NO/c1-4-8-16(3)9-7-14(11-13(16)2)12-15(17)6-5-10-18/h10,13-15H,4-9,11-12,17H2,1-3H3. The van der Waals surface area contributed by atoms with Gasteiger partial charge in [-0.2, -0.15) is 0 Å². The fraction of sp³-hybridized carbons (Fsp3) is 0.938. The monoisotopic (exact) mass is 253 g/mol. The first-order valence-electron chi connectivity index (χ1n) is 7.71. The van der Waals surface area contributed by atoms with Crippen molar-refractivity contribution in [2.24, 2.45) is 23.0 Å². The summed E-state index contributed by atoms with van der Waals surface area (Å²) in [5, 5.41) is 0. The lowest BCUT2D eigenvalue weighted by atomic mass is 9.62. The average molecular weight is 253 g/mol. The molecule has 1 aliphatic carbocycles. The Hall–Kier alpha value is -0.370. The number of nitrogens with two attached hydrogens (primary N) is 1. The molecular formula is C16H31NO. The van der Waals surface area contributed by atoms with Crippen LogP contribution in [0.2, 0.25) is 0 Å². The summed E-state index contributed by atoms with van der Waals surface area (Å²) in [5.41, 5.74) is 6.66. The second-order valence-electron chi connectivity index (χ2n) is 6.69. The molecule has 0 spiro atoms. The Morgan fingerprint density at radius 1 is 1.50 bits per heavy atom. The van der Waals surface area contributed by atoms with E-state index in [4.69, 9.17) is 5.73 Å². The molecule has 4 unspecified atom stereocenters. The van der Waals surface area contributed by atoms with E-state index in [0.717, 1.165) is 31.0 Å². The Kier molecular flexibility index (Phi) is 6.34. The Morgan fingerprint density at radius 3 is 2.78 bits per heavy atom. The lowest BCUT2D eigenvalue weighted by Gasteiger charge is -2.43. The molecule has 0 bridgehead atoms. The van der Waals surface area contributed by atoms with Crippen molar-refractivity contribution in [2.45, 2.75) is 78.2 Å². The number of hydrogen-bond acceptors (Lipinski definition) is 2. The van der Waals surface area contributed by atoms with Gasteiger partial charge in [0.25, 0.3) is 0 Å². The van der Waals surface area contributed by atoms with Gasteiger partial charge in [0.05, 0.1) is 0 Å². The molecule has 106 valence electrons. The summed E-state index contributed by atoms with van der Waals surface area (Å²) in [7, 11) is 0. The zero-order chi connectivity index (χ0) is 13.6. The summed E-state index contributed by atoms with van der Waals surface area (Å²) in [6, 6.07) is 0.225. The average Bonchev–Trinajstić information content (AvgIpc) is 2.32. The maximum absolute atomic E-state index is 10.4. The van der Waals surface area contributed by atoms with Gasteiger partial charge in [-0.1, -0.05) is 27.2 Å². The van der Waals surface area contributed by atoms with Crippen LogP contribution in [0.25, 0.3) is 0 Å². The Bertz CT molecular complexity index is 253. The number of rotatable bonds is 7. The summed E-state index contributed by atoms with van der Waals surface area (Å²) in [6.45, 7) is 7.17. The van der Waals surface area contributed by atoms with Crippen LogP contribution < -0.4 is 5.73 Å². The van der Waals surface area contributed by atoms with Gasteiger partial charge in [0.2, 0.25) is 0 Å². The molecule has 0 aromatic carbocycles. The minimum atomic E-state index is 0.225. The minimum absolute atomic E-state index is 0.225. The van der Waals surface area contributed by atoms with Gasteiger partial charge in [0.15, 0.2) is 0 Å². The molecule has 0 amide bonds. The van der Waals surface area contributed by atoms with E-state index in [0.29, 0.717) is 11.8 Å². The Balaban J connectivity index is 2.38. The SMILES string of the molecule is CCCC1(C)CCC(CC(N)CCC=O)CC1C. The van der Waals surface area contributed by atoms with Gasteiger partial charge in [-0.25, -0.2) is 0 Å². The van der Waals surface area contributed by atoms with E-state index in [1.165, 1.54) is 32.1 Å². The first-order valence-corrected chi connectivity index (χ1v) is 7.71. The second-order valence-corrected chi connectivity index (χ2v) is 6.69. The quantitative estimate of drug-likeness (QED) is 0.699. The molecule has 0 radical (unpaired) electrons. The third kappa shape index (κ3) is 4.38. The van der Waals surface area contributed by atoms with Crippen molar-refractivity contribution in [3.8, 4) is 0 Å². The molecule has 1 saturated carbocycles. The van der Waals surface area contributed by atoms with Crippen LogP contribution >= 0.6 is 0 Å². The lowest BCUT2D eigenvalue weighted by Crippen LogP contribution is -2.35. The maximum atomic E-state index is 10.4. The molecule has 0 aromatic heterocycles. The highest BCUT2D eigenvalue weighted by molar-refractivity contribution is 5.49. The van der Waals surface area contributed by atoms with Crippen LogP contribution in [0, 0.1) is 17.3 Å². The third-order valence-electron chi connectivity index (χ3n) is 5.11. The predicted octanol–water partition coefficient (Wildman–Crippen LogP) is 3.93. The second kappa shape index (κ2) is 7.28. The Labute approximate surface area is 113 Å². The normalized spacial score (nSPS) is 34.2. The molecule has 1 fully saturated rings. The van der Waals surface area contributed by atoms with Gasteiger partial charge in [-0.15, -0.1) is 0 Å². The van der Waals surface area contributed by atoms with Crippen LogP contribution in [0.5, 0.6) is 0 Å². The first kappa shape index (κ1) is 15.7. The highest BCUT2D eigenvalue weighted by Crippen LogP contribution is 2.47. The molecule has 0 aromatic rings. The van der Waals surface area contributed by atoms with Crippen molar-refractivity contribution >= 4 is 6.29 Å². The van der Waals surface area contributed by atoms with Crippen molar-refractivity contribution in [3.05, 3.63) is 0 Å². The molecule has 18 heavy (non-hydrogen) atoms. The van der Waals surface area contributed by atoms with Crippen LogP contribution in [0.15, 0.2) is 0 Å². The van der Waals surface area contributed by atoms with E-state index < -0.39 is 0 Å². The van der Waals surface area contributed by atoms with Crippen molar-refractivity contribution in [1.29, 1.82) is 0 Å². The summed E-state index contributed by atoms with van der Waals surface area (Å²) in [4.78, 5) is 10.4. The van der Waals surface area contributed by atoms with Crippen molar-refractivity contribution in [3.63, 3.8) is 0 Å². The molecular weight excluding hydrogens is 222 g/mol. The van der Waals surface area contributed by atoms with Gasteiger partial charge in [-0.3, -0.25) is 0 Å². The van der Waals surface area contributed by atoms with Crippen LogP contribution in [0.4, 0.5) is 0 Å². The van der Waals surface area contributed by atoms with Crippen LogP contribution in [0.3, 0.4) is 0 Å². The van der Waals surface area contributed by atoms with Crippen LogP contribution in [-0.4, -0.2) is 12.3 Å². The number of hydrogen-bond donors (Lipinski definition) is 1. The van der Waals surface area contributed by atoms with Crippen molar-refractivity contribution < 1.29 is 4.79 Å². The van der Waals surface area contributed by atoms with Crippen molar-refractivity contribution in [2.75, 3.05) is 0 Å². The molecule has 4 atom stereocenters. The molecule has 2 heteroatoms. The van der Waals surface area contributed by atoms with E-state index in [9.17, 15) is 4.79 Å². The summed E-state index contributed by atoms with van der Waals surface area (Å²) >= 11 is 0. The molecule has 0 saturated heterocycles. The number of carbonyl (C=O) groups excluding carboxylic acids is 1. The van der Waals surface area contributed by atoms with Gasteiger partial charge in [0.1, 0.15) is 6.29 Å². The van der Waals surface area contributed by atoms with E-state index >= 15 is 0 Å². The van der Waals surface area contributed by atoms with Crippen molar-refractivity contribution in [1.82, 2.24) is 0 Å². The fourth-order valence-electron chi connectivity index (χ4n) is 3.67. The molecule has 1 rings (SSSR count). The molecule has 0 aliphatic heterocycles. The van der Waals surface area contributed by atoms with Crippen LogP contribution in [-0.2, 0) is 4.79 Å². The zero-order valence-corrected chi connectivity index (χ0v) is 12.5. The zero-order valence-electron chi connectivity index (χ0n) is 12.5. The fourth-order valence-corrected chi connectivity index (χ4v) is 3.67. The highest BCUT2D eigenvalue weighted by Gasteiger charge is 2.36. The molecule has 1 aliphatic rings. The maximum Gasteiger partial charge on any atom is 0.120 e. The highest BCUT2D eigenvalue weighted by atomic mass is 16.1. The number of aldehydes is 1. The van der Waals surface area contributed by atoms with Gasteiger partial charge < -0.3 is 10.5 Å². The smallest absolute Gasteiger partial charge is 0.120 e. The predicted molar refractivity (Wildman–Crippen MR) is 77.4 cm³/mol. The van der Waals surface area contributed by atoms with Gasteiger partial charge >= 0.3 is 0 Å². The molecule has 2 N–H and O–H groups in total.